The van der Waals surface area contributed by atoms with E-state index in [2.05, 4.69) is 28.2 Å². The minimum absolute atomic E-state index is 0.115. The molecule has 0 aliphatic heterocycles. The van der Waals surface area contributed by atoms with Crippen LogP contribution in [0.1, 0.15) is 11.4 Å². The van der Waals surface area contributed by atoms with Crippen LogP contribution in [-0.2, 0) is 0 Å². The molecule has 2 aromatic carbocycles. The SMILES string of the molecule is N=C(N)c1cccc(-c2nc(C(=N)N)ccc2-c2cccc3ccccc23)n1. The molecular weight excluding hydrogens is 348 g/mol. The summed E-state index contributed by atoms with van der Waals surface area (Å²) < 4.78 is 0. The monoisotopic (exact) mass is 366 g/mol. The molecule has 6 N–H and O–H groups in total. The standard InChI is InChI=1S/C22H18N6/c23-21(24)18-10-4-9-17(27-18)20-16(11-12-19(28-20)22(25)26)15-8-3-6-13-5-1-2-7-14(13)15/h1-12H,(H3,23,24)(H3,25,26). The van der Waals surface area contributed by atoms with E-state index in [1.165, 1.54) is 0 Å². The first kappa shape index (κ1) is 17.4. The first-order valence-electron chi connectivity index (χ1n) is 8.70. The molecule has 0 saturated heterocycles. The molecule has 0 unspecified atom stereocenters. The average molecular weight is 366 g/mol. The molecule has 0 radical (unpaired) electrons. The number of nitrogens with one attached hydrogen (secondary N) is 2. The van der Waals surface area contributed by atoms with Gasteiger partial charge in [-0.15, -0.1) is 0 Å². The number of nitrogen functional groups attached to an aromatic ring is 2. The van der Waals surface area contributed by atoms with Crippen LogP contribution in [0.5, 0.6) is 0 Å². The number of benzene rings is 2. The fraction of sp³-hybridized carbons (Fsp3) is 0. The van der Waals surface area contributed by atoms with Crippen molar-refractivity contribution in [2.24, 2.45) is 11.5 Å². The molecule has 0 aliphatic rings. The van der Waals surface area contributed by atoms with E-state index in [1.807, 2.05) is 36.4 Å². The van der Waals surface area contributed by atoms with Gasteiger partial charge < -0.3 is 11.5 Å². The Morgan fingerprint density at radius 3 is 2.11 bits per heavy atom. The van der Waals surface area contributed by atoms with E-state index >= 15 is 0 Å². The van der Waals surface area contributed by atoms with Crippen LogP contribution in [0.3, 0.4) is 0 Å². The fourth-order valence-corrected chi connectivity index (χ4v) is 3.20. The molecular formula is C22H18N6. The Morgan fingerprint density at radius 2 is 1.32 bits per heavy atom. The molecule has 2 heterocycles. The summed E-state index contributed by atoms with van der Waals surface area (Å²) in [6, 6.07) is 23.1. The largest absolute Gasteiger partial charge is 0.382 e. The summed E-state index contributed by atoms with van der Waals surface area (Å²) in [5.74, 6) is -0.232. The Bertz CT molecular complexity index is 1220. The van der Waals surface area contributed by atoms with E-state index < -0.39 is 0 Å². The van der Waals surface area contributed by atoms with Gasteiger partial charge in [0.2, 0.25) is 0 Å². The summed E-state index contributed by atoms with van der Waals surface area (Å²) in [5.41, 5.74) is 15.0. The lowest BCUT2D eigenvalue weighted by atomic mass is 9.95. The number of nitrogens with zero attached hydrogens (tertiary/aromatic N) is 2. The van der Waals surface area contributed by atoms with Crippen molar-refractivity contribution in [3.05, 3.63) is 84.2 Å². The lowest BCUT2D eigenvalue weighted by Crippen LogP contribution is -2.15. The van der Waals surface area contributed by atoms with E-state index in [0.717, 1.165) is 21.9 Å². The zero-order valence-corrected chi connectivity index (χ0v) is 15.0. The molecule has 0 spiro atoms. The Balaban J connectivity index is 2.02. The zero-order chi connectivity index (χ0) is 19.7. The van der Waals surface area contributed by atoms with Gasteiger partial charge in [-0.2, -0.15) is 0 Å². The van der Waals surface area contributed by atoms with Crippen LogP contribution in [0.2, 0.25) is 0 Å². The van der Waals surface area contributed by atoms with Crippen molar-refractivity contribution in [1.82, 2.24) is 9.97 Å². The molecule has 0 aliphatic carbocycles. The first-order chi connectivity index (χ1) is 13.5. The second kappa shape index (κ2) is 6.92. The van der Waals surface area contributed by atoms with Crippen LogP contribution in [0.25, 0.3) is 33.3 Å². The maximum absolute atomic E-state index is 7.75. The Labute approximate surface area is 161 Å². The van der Waals surface area contributed by atoms with Gasteiger partial charge in [0.1, 0.15) is 23.1 Å². The second-order valence-electron chi connectivity index (χ2n) is 6.35. The fourth-order valence-electron chi connectivity index (χ4n) is 3.20. The minimum Gasteiger partial charge on any atom is -0.382 e. The highest BCUT2D eigenvalue weighted by molar-refractivity contribution is 6.01. The lowest BCUT2D eigenvalue weighted by molar-refractivity contribution is 1.20. The third kappa shape index (κ3) is 3.07. The smallest absolute Gasteiger partial charge is 0.141 e. The predicted octanol–water partition coefficient (Wildman–Crippen LogP) is 3.53. The highest BCUT2D eigenvalue weighted by Gasteiger charge is 2.15. The summed E-state index contributed by atoms with van der Waals surface area (Å²) in [4.78, 5) is 9.09. The average Bonchev–Trinajstić information content (AvgIpc) is 2.73. The normalized spacial score (nSPS) is 10.7. The number of hydrogen-bond acceptors (Lipinski definition) is 4. The van der Waals surface area contributed by atoms with Crippen molar-refractivity contribution in [3.63, 3.8) is 0 Å². The lowest BCUT2D eigenvalue weighted by Gasteiger charge is -2.13. The number of hydrogen-bond donors (Lipinski definition) is 4. The van der Waals surface area contributed by atoms with Gasteiger partial charge >= 0.3 is 0 Å². The number of nitrogens with two attached hydrogens (primary N) is 2. The quantitative estimate of drug-likeness (QED) is 0.325. The summed E-state index contributed by atoms with van der Waals surface area (Å²) in [7, 11) is 0. The van der Waals surface area contributed by atoms with E-state index in [4.69, 9.17) is 22.3 Å². The Morgan fingerprint density at radius 1 is 0.643 bits per heavy atom. The number of aromatic nitrogens is 2. The molecule has 0 atom stereocenters. The number of rotatable bonds is 4. The molecule has 0 saturated carbocycles. The van der Waals surface area contributed by atoms with E-state index in [-0.39, 0.29) is 11.7 Å². The molecule has 28 heavy (non-hydrogen) atoms. The molecule has 0 bridgehead atoms. The van der Waals surface area contributed by atoms with Gasteiger partial charge in [0.25, 0.3) is 0 Å². The third-order valence-corrected chi connectivity index (χ3v) is 4.52. The Hall–Kier alpha value is -4.06. The van der Waals surface area contributed by atoms with Gasteiger partial charge in [-0.3, -0.25) is 10.8 Å². The van der Waals surface area contributed by atoms with Gasteiger partial charge in [0.15, 0.2) is 0 Å². The van der Waals surface area contributed by atoms with Crippen LogP contribution in [0.15, 0.2) is 72.8 Å². The van der Waals surface area contributed by atoms with Gasteiger partial charge in [0, 0.05) is 5.56 Å². The summed E-state index contributed by atoms with van der Waals surface area (Å²) >= 11 is 0. The van der Waals surface area contributed by atoms with Gasteiger partial charge in [-0.05, 0) is 40.6 Å². The maximum Gasteiger partial charge on any atom is 0.141 e. The molecule has 0 amide bonds. The number of fused-ring (bicyclic) bond motifs is 1. The van der Waals surface area contributed by atoms with Crippen LogP contribution < -0.4 is 11.5 Å². The molecule has 6 nitrogen and oxygen atoms in total. The maximum atomic E-state index is 7.75. The minimum atomic E-state index is -0.117. The van der Waals surface area contributed by atoms with Gasteiger partial charge in [-0.25, -0.2) is 9.97 Å². The van der Waals surface area contributed by atoms with Crippen molar-refractivity contribution in [1.29, 1.82) is 10.8 Å². The van der Waals surface area contributed by atoms with Crippen LogP contribution in [-0.4, -0.2) is 21.6 Å². The van der Waals surface area contributed by atoms with Gasteiger partial charge in [0.05, 0.1) is 11.4 Å². The molecule has 6 heteroatoms. The number of pyridine rings is 2. The topological polar surface area (TPSA) is 126 Å². The van der Waals surface area contributed by atoms with Crippen LogP contribution >= 0.6 is 0 Å². The molecule has 0 fully saturated rings. The van der Waals surface area contributed by atoms with Crippen molar-refractivity contribution in [2.45, 2.75) is 0 Å². The molecule has 4 rings (SSSR count). The first-order valence-corrected chi connectivity index (χ1v) is 8.70. The summed E-state index contributed by atoms with van der Waals surface area (Å²) in [6.07, 6.45) is 0. The van der Waals surface area contributed by atoms with E-state index in [1.54, 1.807) is 18.2 Å². The summed E-state index contributed by atoms with van der Waals surface area (Å²) in [6.45, 7) is 0. The van der Waals surface area contributed by atoms with Crippen molar-refractivity contribution in [3.8, 4) is 22.5 Å². The second-order valence-corrected chi connectivity index (χ2v) is 6.35. The third-order valence-electron chi connectivity index (χ3n) is 4.52. The summed E-state index contributed by atoms with van der Waals surface area (Å²) in [5, 5.41) is 17.6. The van der Waals surface area contributed by atoms with E-state index in [0.29, 0.717) is 22.8 Å². The van der Waals surface area contributed by atoms with Gasteiger partial charge in [-0.1, -0.05) is 48.5 Å². The number of amidine groups is 2. The highest BCUT2D eigenvalue weighted by atomic mass is 14.9. The van der Waals surface area contributed by atoms with Crippen molar-refractivity contribution < 1.29 is 0 Å². The zero-order valence-electron chi connectivity index (χ0n) is 15.0. The Kier molecular flexibility index (Phi) is 4.29. The van der Waals surface area contributed by atoms with Crippen molar-refractivity contribution >= 4 is 22.4 Å². The molecule has 136 valence electrons. The molecule has 2 aromatic heterocycles. The van der Waals surface area contributed by atoms with Crippen LogP contribution in [0, 0.1) is 10.8 Å². The van der Waals surface area contributed by atoms with Crippen LogP contribution in [0.4, 0.5) is 0 Å². The highest BCUT2D eigenvalue weighted by Crippen LogP contribution is 2.34. The molecule has 4 aromatic rings. The van der Waals surface area contributed by atoms with E-state index in [9.17, 15) is 0 Å². The predicted molar refractivity (Wildman–Crippen MR) is 112 cm³/mol. The van der Waals surface area contributed by atoms with Crippen molar-refractivity contribution in [2.75, 3.05) is 0 Å².